The largest absolute Gasteiger partial charge is 0.345 e. The molecule has 1 N–H and O–H groups in total. The minimum Gasteiger partial charge on any atom is -0.345 e. The SMILES string of the molecule is CCC(Nc1nc(Cl)nc(-n2ccnc2)n1)c1nccs1. The summed E-state index contributed by atoms with van der Waals surface area (Å²) >= 11 is 7.56. The van der Waals surface area contributed by atoms with E-state index in [0.717, 1.165) is 11.4 Å². The van der Waals surface area contributed by atoms with Crippen molar-refractivity contribution in [1.82, 2.24) is 29.5 Å². The van der Waals surface area contributed by atoms with Gasteiger partial charge in [0.05, 0.1) is 6.04 Å². The van der Waals surface area contributed by atoms with E-state index < -0.39 is 0 Å². The molecule has 0 saturated heterocycles. The molecule has 0 aliphatic heterocycles. The summed E-state index contributed by atoms with van der Waals surface area (Å²) in [5.41, 5.74) is 0. The van der Waals surface area contributed by atoms with Gasteiger partial charge < -0.3 is 5.32 Å². The van der Waals surface area contributed by atoms with Crippen LogP contribution in [0.5, 0.6) is 0 Å². The van der Waals surface area contributed by atoms with Gasteiger partial charge in [-0.25, -0.2) is 9.97 Å². The smallest absolute Gasteiger partial charge is 0.241 e. The van der Waals surface area contributed by atoms with Gasteiger partial charge in [-0.15, -0.1) is 11.3 Å². The van der Waals surface area contributed by atoms with Crippen LogP contribution in [-0.4, -0.2) is 29.5 Å². The number of halogens is 1. The number of nitrogens with zero attached hydrogens (tertiary/aromatic N) is 6. The molecule has 1 atom stereocenters. The first-order chi connectivity index (χ1) is 10.3. The molecule has 0 amide bonds. The fourth-order valence-corrected chi connectivity index (χ4v) is 2.73. The number of thiazole rings is 1. The van der Waals surface area contributed by atoms with Crippen molar-refractivity contribution in [3.05, 3.63) is 40.6 Å². The fourth-order valence-electron chi connectivity index (χ4n) is 1.80. The minimum atomic E-state index is 0.0408. The first kappa shape index (κ1) is 13.9. The summed E-state index contributed by atoms with van der Waals surface area (Å²) in [5.74, 6) is 0.838. The predicted molar refractivity (Wildman–Crippen MR) is 80.7 cm³/mol. The summed E-state index contributed by atoms with van der Waals surface area (Å²) in [6.45, 7) is 2.07. The van der Waals surface area contributed by atoms with Crippen LogP contribution in [0, 0.1) is 0 Å². The molecule has 0 saturated carbocycles. The Morgan fingerprint density at radius 3 is 2.90 bits per heavy atom. The molecule has 7 nitrogen and oxygen atoms in total. The number of anilines is 1. The monoisotopic (exact) mass is 321 g/mol. The first-order valence-corrected chi connectivity index (χ1v) is 7.58. The second-order valence-corrected chi connectivity index (χ2v) is 5.44. The molecule has 9 heteroatoms. The maximum absolute atomic E-state index is 5.97. The normalized spacial score (nSPS) is 12.3. The van der Waals surface area contributed by atoms with Crippen molar-refractivity contribution in [2.75, 3.05) is 5.32 Å². The van der Waals surface area contributed by atoms with Crippen LogP contribution in [0.1, 0.15) is 24.4 Å². The summed E-state index contributed by atoms with van der Waals surface area (Å²) < 4.78 is 1.67. The van der Waals surface area contributed by atoms with Crippen LogP contribution in [0.3, 0.4) is 0 Å². The van der Waals surface area contributed by atoms with Crippen LogP contribution >= 0.6 is 22.9 Å². The van der Waals surface area contributed by atoms with Crippen LogP contribution < -0.4 is 5.32 Å². The lowest BCUT2D eigenvalue weighted by molar-refractivity contribution is 0.727. The summed E-state index contributed by atoms with van der Waals surface area (Å²) in [6, 6.07) is 0.0408. The molecule has 0 bridgehead atoms. The van der Waals surface area contributed by atoms with Gasteiger partial charge in [-0.1, -0.05) is 6.92 Å². The topological polar surface area (TPSA) is 81.4 Å². The van der Waals surface area contributed by atoms with Crippen LogP contribution in [0.4, 0.5) is 5.95 Å². The Labute approximate surface area is 130 Å². The van der Waals surface area contributed by atoms with Crippen molar-refractivity contribution in [1.29, 1.82) is 0 Å². The Morgan fingerprint density at radius 1 is 1.33 bits per heavy atom. The average molecular weight is 322 g/mol. The van der Waals surface area contributed by atoms with Gasteiger partial charge in [0.15, 0.2) is 0 Å². The van der Waals surface area contributed by atoms with E-state index in [2.05, 4.69) is 37.2 Å². The highest BCUT2D eigenvalue weighted by atomic mass is 35.5. The third-order valence-corrected chi connectivity index (χ3v) is 3.85. The van der Waals surface area contributed by atoms with E-state index in [9.17, 15) is 0 Å². The summed E-state index contributed by atoms with van der Waals surface area (Å²) in [6.07, 6.45) is 7.63. The van der Waals surface area contributed by atoms with Gasteiger partial charge in [-0.3, -0.25) is 4.57 Å². The van der Waals surface area contributed by atoms with E-state index >= 15 is 0 Å². The van der Waals surface area contributed by atoms with E-state index in [1.165, 1.54) is 0 Å². The van der Waals surface area contributed by atoms with Gasteiger partial charge >= 0.3 is 0 Å². The molecule has 0 aliphatic rings. The highest BCUT2D eigenvalue weighted by molar-refractivity contribution is 7.09. The van der Waals surface area contributed by atoms with Crippen LogP contribution in [-0.2, 0) is 0 Å². The quantitative estimate of drug-likeness (QED) is 0.778. The summed E-state index contributed by atoms with van der Waals surface area (Å²) in [5, 5.41) is 6.30. The molecular formula is C12H12ClN7S. The Morgan fingerprint density at radius 2 is 2.24 bits per heavy atom. The molecule has 1 unspecified atom stereocenters. The molecule has 3 aromatic heterocycles. The predicted octanol–water partition coefficient (Wildman–Crippen LogP) is 2.73. The molecule has 0 radical (unpaired) electrons. The highest BCUT2D eigenvalue weighted by Gasteiger charge is 2.15. The van der Waals surface area contributed by atoms with Crippen molar-refractivity contribution in [3.8, 4) is 5.95 Å². The van der Waals surface area contributed by atoms with E-state index in [-0.39, 0.29) is 11.3 Å². The average Bonchev–Trinajstić information content (AvgIpc) is 3.16. The zero-order valence-electron chi connectivity index (χ0n) is 11.1. The molecule has 3 aromatic rings. The zero-order chi connectivity index (χ0) is 14.7. The molecule has 0 aliphatic carbocycles. The Balaban J connectivity index is 1.88. The number of aromatic nitrogens is 6. The molecular weight excluding hydrogens is 310 g/mol. The molecule has 3 rings (SSSR count). The molecule has 3 heterocycles. The highest BCUT2D eigenvalue weighted by Crippen LogP contribution is 2.23. The molecule has 0 aromatic carbocycles. The van der Waals surface area contributed by atoms with E-state index in [0.29, 0.717) is 11.9 Å². The van der Waals surface area contributed by atoms with Crippen molar-refractivity contribution in [2.45, 2.75) is 19.4 Å². The number of nitrogens with one attached hydrogen (secondary N) is 1. The first-order valence-electron chi connectivity index (χ1n) is 6.32. The van der Waals surface area contributed by atoms with Crippen molar-refractivity contribution >= 4 is 28.9 Å². The molecule has 108 valence electrons. The Bertz CT molecular complexity index is 698. The number of imidazole rings is 1. The van der Waals surface area contributed by atoms with Gasteiger partial charge in [0.1, 0.15) is 11.3 Å². The van der Waals surface area contributed by atoms with Crippen molar-refractivity contribution in [2.24, 2.45) is 0 Å². The number of hydrogen-bond acceptors (Lipinski definition) is 7. The Kier molecular flexibility index (Phi) is 4.07. The maximum Gasteiger partial charge on any atom is 0.241 e. The second kappa shape index (κ2) is 6.15. The lowest BCUT2D eigenvalue weighted by Gasteiger charge is -2.14. The molecule has 0 fully saturated rings. The van der Waals surface area contributed by atoms with Crippen LogP contribution in [0.2, 0.25) is 5.28 Å². The van der Waals surface area contributed by atoms with Gasteiger partial charge in [0, 0.05) is 24.0 Å². The lowest BCUT2D eigenvalue weighted by atomic mass is 10.2. The van der Waals surface area contributed by atoms with Gasteiger partial charge in [-0.2, -0.15) is 15.0 Å². The number of hydrogen-bond donors (Lipinski definition) is 1. The molecule has 0 spiro atoms. The third kappa shape index (κ3) is 3.17. The van der Waals surface area contributed by atoms with Crippen molar-refractivity contribution < 1.29 is 0 Å². The second-order valence-electron chi connectivity index (χ2n) is 4.17. The summed E-state index contributed by atoms with van der Waals surface area (Å²) in [7, 11) is 0. The summed E-state index contributed by atoms with van der Waals surface area (Å²) in [4.78, 5) is 20.8. The van der Waals surface area contributed by atoms with E-state index in [4.69, 9.17) is 11.6 Å². The van der Waals surface area contributed by atoms with Crippen molar-refractivity contribution in [3.63, 3.8) is 0 Å². The van der Waals surface area contributed by atoms with Gasteiger partial charge in [0.25, 0.3) is 0 Å². The van der Waals surface area contributed by atoms with Gasteiger partial charge in [0.2, 0.25) is 17.2 Å². The van der Waals surface area contributed by atoms with Gasteiger partial charge in [-0.05, 0) is 18.0 Å². The zero-order valence-corrected chi connectivity index (χ0v) is 12.7. The minimum absolute atomic E-state index is 0.0408. The third-order valence-electron chi connectivity index (χ3n) is 2.79. The fraction of sp³-hybridized carbons (Fsp3) is 0.250. The lowest BCUT2D eigenvalue weighted by Crippen LogP contribution is -2.13. The van der Waals surface area contributed by atoms with Crippen LogP contribution in [0.15, 0.2) is 30.3 Å². The van der Waals surface area contributed by atoms with Crippen LogP contribution in [0.25, 0.3) is 5.95 Å². The number of rotatable bonds is 5. The maximum atomic E-state index is 5.97. The standard InChI is InChI=1S/C12H12ClN7S/c1-2-8(9-15-4-6-21-9)16-11-17-10(13)18-12(19-11)20-5-3-14-7-20/h3-8H,2H2,1H3,(H,16,17,18,19). The Hall–Kier alpha value is -2.06. The van der Waals surface area contributed by atoms with E-state index in [1.54, 1.807) is 40.8 Å². The van der Waals surface area contributed by atoms with E-state index in [1.807, 2.05) is 5.38 Å². The molecule has 21 heavy (non-hydrogen) atoms.